The van der Waals surface area contributed by atoms with Crippen molar-refractivity contribution >= 4 is 11.6 Å². The number of oxime groups is 1. The number of rotatable bonds is 5. The van der Waals surface area contributed by atoms with Gasteiger partial charge in [-0.1, -0.05) is 5.16 Å². The molecule has 6 nitrogen and oxygen atoms in total. The molecule has 2 atom stereocenters. The molecule has 0 bridgehead atoms. The number of pyridine rings is 1. The number of nitrogens with one attached hydrogen (secondary N) is 1. The third-order valence-electron chi connectivity index (χ3n) is 4.82. The molecule has 2 aliphatic heterocycles. The van der Waals surface area contributed by atoms with Gasteiger partial charge in [-0.25, -0.2) is 0 Å². The molecule has 1 saturated heterocycles. The summed E-state index contributed by atoms with van der Waals surface area (Å²) in [6.45, 7) is 7.39. The predicted octanol–water partition coefficient (Wildman–Crippen LogP) is 1.81. The van der Waals surface area contributed by atoms with Crippen LogP contribution >= 0.6 is 0 Å². The van der Waals surface area contributed by atoms with Crippen molar-refractivity contribution in [3.05, 3.63) is 30.1 Å². The molecule has 130 valence electrons. The molecule has 3 heterocycles. The fourth-order valence-corrected chi connectivity index (χ4v) is 3.32. The van der Waals surface area contributed by atoms with E-state index in [-0.39, 0.29) is 5.91 Å². The third kappa shape index (κ3) is 4.12. The van der Waals surface area contributed by atoms with Crippen LogP contribution in [0.2, 0.25) is 0 Å². The lowest BCUT2D eigenvalue weighted by Gasteiger charge is -2.35. The fraction of sp³-hybridized carbons (Fsp3) is 0.611. The molecule has 1 aromatic heterocycles. The first-order valence-corrected chi connectivity index (χ1v) is 8.78. The summed E-state index contributed by atoms with van der Waals surface area (Å²) in [4.78, 5) is 24.1. The highest BCUT2D eigenvalue weighted by atomic mass is 16.6. The summed E-state index contributed by atoms with van der Waals surface area (Å²) in [5.74, 6) is 0.455. The van der Waals surface area contributed by atoms with Gasteiger partial charge in [0, 0.05) is 43.5 Å². The van der Waals surface area contributed by atoms with Crippen molar-refractivity contribution in [1.82, 2.24) is 15.2 Å². The Morgan fingerprint density at radius 2 is 2.21 bits per heavy atom. The molecule has 1 amide bonds. The summed E-state index contributed by atoms with van der Waals surface area (Å²) in [5.41, 5.74) is 1.77. The Labute approximate surface area is 143 Å². The van der Waals surface area contributed by atoms with Crippen LogP contribution in [0, 0.1) is 5.92 Å². The lowest BCUT2D eigenvalue weighted by molar-refractivity contribution is -0.131. The van der Waals surface area contributed by atoms with Crippen LogP contribution in [0.15, 0.2) is 29.7 Å². The van der Waals surface area contributed by atoms with Gasteiger partial charge in [-0.2, -0.15) is 0 Å². The van der Waals surface area contributed by atoms with Gasteiger partial charge in [-0.15, -0.1) is 0 Å². The summed E-state index contributed by atoms with van der Waals surface area (Å²) >= 11 is 0. The lowest BCUT2D eigenvalue weighted by Crippen LogP contribution is -2.45. The molecule has 0 unspecified atom stereocenters. The molecule has 0 aromatic carbocycles. The van der Waals surface area contributed by atoms with Crippen LogP contribution in [0.5, 0.6) is 0 Å². The molecule has 6 heteroatoms. The van der Waals surface area contributed by atoms with E-state index in [4.69, 9.17) is 4.84 Å². The molecule has 24 heavy (non-hydrogen) atoms. The van der Waals surface area contributed by atoms with Crippen molar-refractivity contribution in [2.75, 3.05) is 19.6 Å². The zero-order valence-electron chi connectivity index (χ0n) is 14.4. The monoisotopic (exact) mass is 330 g/mol. The maximum absolute atomic E-state index is 12.3. The summed E-state index contributed by atoms with van der Waals surface area (Å²) in [6.07, 6.45) is 5.81. The first kappa shape index (κ1) is 16.9. The van der Waals surface area contributed by atoms with E-state index in [0.717, 1.165) is 24.4 Å². The molecular weight excluding hydrogens is 304 g/mol. The van der Waals surface area contributed by atoms with E-state index in [1.807, 2.05) is 12.1 Å². The molecule has 2 aliphatic rings. The second-order valence-electron chi connectivity index (χ2n) is 6.91. The third-order valence-corrected chi connectivity index (χ3v) is 4.82. The smallest absolute Gasteiger partial charge is 0.264 e. The second-order valence-corrected chi connectivity index (χ2v) is 6.91. The molecule has 3 rings (SSSR count). The van der Waals surface area contributed by atoms with Gasteiger partial charge in [0.15, 0.2) is 0 Å². The second kappa shape index (κ2) is 7.75. The number of carbonyl (C=O) groups excluding carboxylic acids is 1. The highest BCUT2D eigenvalue weighted by Gasteiger charge is 2.30. The average Bonchev–Trinajstić information content (AvgIpc) is 3.11. The normalized spacial score (nSPS) is 24.5. The molecule has 0 aliphatic carbocycles. The molecule has 1 N–H and O–H groups in total. The van der Waals surface area contributed by atoms with Gasteiger partial charge in [0.25, 0.3) is 5.91 Å². The Morgan fingerprint density at radius 1 is 1.42 bits per heavy atom. The number of likely N-dealkylation sites (tertiary alicyclic amines) is 1. The summed E-state index contributed by atoms with van der Waals surface area (Å²) in [6, 6.07) is 4.33. The van der Waals surface area contributed by atoms with Crippen LogP contribution in [-0.4, -0.2) is 53.3 Å². The van der Waals surface area contributed by atoms with Crippen LogP contribution in [0.4, 0.5) is 0 Å². The number of nitrogens with zero attached hydrogens (tertiary/aromatic N) is 3. The van der Waals surface area contributed by atoms with Crippen LogP contribution in [-0.2, 0) is 9.63 Å². The average molecular weight is 330 g/mol. The van der Waals surface area contributed by atoms with Gasteiger partial charge in [0.2, 0.25) is 6.10 Å². The Hall–Kier alpha value is -1.95. The van der Waals surface area contributed by atoms with Crippen molar-refractivity contribution in [2.45, 2.75) is 45.3 Å². The van der Waals surface area contributed by atoms with Crippen molar-refractivity contribution in [3.8, 4) is 0 Å². The number of piperidine rings is 1. The molecule has 1 fully saturated rings. The van der Waals surface area contributed by atoms with Crippen molar-refractivity contribution in [3.63, 3.8) is 0 Å². The summed E-state index contributed by atoms with van der Waals surface area (Å²) < 4.78 is 0. The molecule has 0 radical (unpaired) electrons. The van der Waals surface area contributed by atoms with E-state index < -0.39 is 6.10 Å². The van der Waals surface area contributed by atoms with E-state index >= 15 is 0 Å². The molecule has 0 spiro atoms. The van der Waals surface area contributed by atoms with Crippen molar-refractivity contribution < 1.29 is 9.63 Å². The largest absolute Gasteiger partial charge is 0.382 e. The lowest BCUT2D eigenvalue weighted by atomic mass is 9.97. The Kier molecular flexibility index (Phi) is 5.45. The quantitative estimate of drug-likeness (QED) is 0.894. The topological polar surface area (TPSA) is 66.8 Å². The Balaban J connectivity index is 1.45. The first-order valence-electron chi connectivity index (χ1n) is 8.78. The van der Waals surface area contributed by atoms with Gasteiger partial charge >= 0.3 is 0 Å². The zero-order valence-corrected chi connectivity index (χ0v) is 14.4. The number of hydrogen-bond donors (Lipinski definition) is 1. The number of amides is 1. The standard InChI is InChI=1S/C18H26N4O2/c1-13(2)22-9-3-4-14(12-22)11-20-18(23)17-10-16(21-24-17)15-5-7-19-8-6-15/h5-8,13-14,17H,3-4,9-12H2,1-2H3,(H,20,23)/t14-,17-/m0/s1. The minimum Gasteiger partial charge on any atom is -0.382 e. The fourth-order valence-electron chi connectivity index (χ4n) is 3.32. The molecule has 1 aromatic rings. The van der Waals surface area contributed by atoms with Gasteiger partial charge in [0.05, 0.1) is 5.71 Å². The van der Waals surface area contributed by atoms with E-state index in [0.29, 0.717) is 24.9 Å². The van der Waals surface area contributed by atoms with Gasteiger partial charge < -0.3 is 15.1 Å². The number of carbonyl (C=O) groups is 1. The minimum atomic E-state index is -0.516. The van der Waals surface area contributed by atoms with Crippen molar-refractivity contribution in [2.24, 2.45) is 11.1 Å². The van der Waals surface area contributed by atoms with Gasteiger partial charge in [-0.3, -0.25) is 9.78 Å². The van der Waals surface area contributed by atoms with Crippen molar-refractivity contribution in [1.29, 1.82) is 0 Å². The number of hydrogen-bond acceptors (Lipinski definition) is 5. The SMILES string of the molecule is CC(C)N1CCC[C@@H](CNC(=O)[C@@H]2CC(c3ccncc3)=NO2)C1. The van der Waals surface area contributed by atoms with E-state index in [1.54, 1.807) is 12.4 Å². The highest BCUT2D eigenvalue weighted by molar-refractivity contribution is 6.03. The molecule has 0 saturated carbocycles. The van der Waals surface area contributed by atoms with E-state index in [2.05, 4.69) is 34.2 Å². The van der Waals surface area contributed by atoms with E-state index in [9.17, 15) is 4.79 Å². The maximum Gasteiger partial charge on any atom is 0.264 e. The van der Waals surface area contributed by atoms with Crippen LogP contribution in [0.3, 0.4) is 0 Å². The zero-order chi connectivity index (χ0) is 16.9. The van der Waals surface area contributed by atoms with E-state index in [1.165, 1.54) is 12.8 Å². The maximum atomic E-state index is 12.3. The van der Waals surface area contributed by atoms with Gasteiger partial charge in [0.1, 0.15) is 0 Å². The van der Waals surface area contributed by atoms with Crippen LogP contribution < -0.4 is 5.32 Å². The minimum absolute atomic E-state index is 0.0653. The van der Waals surface area contributed by atoms with Gasteiger partial charge in [-0.05, 0) is 51.3 Å². The highest BCUT2D eigenvalue weighted by Crippen LogP contribution is 2.19. The predicted molar refractivity (Wildman–Crippen MR) is 92.7 cm³/mol. The first-order chi connectivity index (χ1) is 11.6. The Morgan fingerprint density at radius 3 is 2.96 bits per heavy atom. The van der Waals surface area contributed by atoms with Crippen LogP contribution in [0.25, 0.3) is 0 Å². The molecular formula is C18H26N4O2. The number of aromatic nitrogens is 1. The summed E-state index contributed by atoms with van der Waals surface area (Å²) in [7, 11) is 0. The summed E-state index contributed by atoms with van der Waals surface area (Å²) in [5, 5.41) is 7.11. The van der Waals surface area contributed by atoms with Crippen LogP contribution in [0.1, 0.15) is 38.7 Å². The Bertz CT molecular complexity index is 588.